The van der Waals surface area contributed by atoms with Crippen LogP contribution in [-0.2, 0) is 0 Å². The van der Waals surface area contributed by atoms with Crippen molar-refractivity contribution in [2.24, 2.45) is 0 Å². The van der Waals surface area contributed by atoms with Crippen molar-refractivity contribution in [3.05, 3.63) is 82.8 Å². The van der Waals surface area contributed by atoms with Crippen molar-refractivity contribution in [1.29, 1.82) is 0 Å². The molecule has 0 saturated carbocycles. The van der Waals surface area contributed by atoms with Crippen LogP contribution in [0.3, 0.4) is 0 Å². The van der Waals surface area contributed by atoms with Crippen molar-refractivity contribution in [3.8, 4) is 5.69 Å². The summed E-state index contributed by atoms with van der Waals surface area (Å²) in [7, 11) is 0. The maximum atomic E-state index is 12.8. The van der Waals surface area contributed by atoms with Crippen LogP contribution in [0.1, 0.15) is 45.8 Å². The van der Waals surface area contributed by atoms with Gasteiger partial charge in [0.15, 0.2) is 0 Å². The Hall–Kier alpha value is -3.34. The molecule has 1 amide bonds. The molecule has 0 aliphatic rings. The molecule has 5 nitrogen and oxygen atoms in total. The number of benzene rings is 2. The molecular formula is C23H24N4O. The normalized spacial score (nSPS) is 12.3. The summed E-state index contributed by atoms with van der Waals surface area (Å²) < 4.78 is 1.90. The van der Waals surface area contributed by atoms with Gasteiger partial charge in [0.25, 0.3) is 5.91 Å². The first-order chi connectivity index (χ1) is 13.5. The number of carbonyl (C=O) groups is 1. The summed E-state index contributed by atoms with van der Waals surface area (Å²) in [6.45, 7) is 8.13. The predicted molar refractivity (Wildman–Crippen MR) is 112 cm³/mol. The third-order valence-electron chi connectivity index (χ3n) is 5.43. The van der Waals surface area contributed by atoms with Gasteiger partial charge in [0.05, 0.1) is 17.9 Å². The van der Waals surface area contributed by atoms with Gasteiger partial charge in [-0.15, -0.1) is 0 Å². The van der Waals surface area contributed by atoms with E-state index in [0.717, 1.165) is 33.5 Å². The second kappa shape index (κ2) is 7.00. The standard InChI is InChI=1S/C23H24N4O/c1-14-15(2)25-22-11-10-18(12-20(14)22)23(28)26-16(3)21-13-24-27(17(21)4)19-8-6-5-7-9-19/h5-13,16,25H,1-4H3,(H,26,28). The van der Waals surface area contributed by atoms with E-state index >= 15 is 0 Å². The molecule has 2 heterocycles. The lowest BCUT2D eigenvalue weighted by Gasteiger charge is -2.14. The minimum Gasteiger partial charge on any atom is -0.358 e. The zero-order valence-corrected chi connectivity index (χ0v) is 16.6. The van der Waals surface area contributed by atoms with E-state index in [4.69, 9.17) is 0 Å². The van der Waals surface area contributed by atoms with Crippen LogP contribution in [0.4, 0.5) is 0 Å². The largest absolute Gasteiger partial charge is 0.358 e. The van der Waals surface area contributed by atoms with Crippen LogP contribution in [0.25, 0.3) is 16.6 Å². The fourth-order valence-electron chi connectivity index (χ4n) is 3.64. The van der Waals surface area contributed by atoms with Gasteiger partial charge >= 0.3 is 0 Å². The summed E-state index contributed by atoms with van der Waals surface area (Å²) in [5.41, 5.74) is 7.06. The van der Waals surface area contributed by atoms with Gasteiger partial charge in [0.1, 0.15) is 0 Å². The van der Waals surface area contributed by atoms with E-state index < -0.39 is 0 Å². The highest BCUT2D eigenvalue weighted by Gasteiger charge is 2.18. The number of carbonyl (C=O) groups excluding carboxylic acids is 1. The smallest absolute Gasteiger partial charge is 0.251 e. The van der Waals surface area contributed by atoms with Crippen LogP contribution >= 0.6 is 0 Å². The van der Waals surface area contributed by atoms with Crippen molar-refractivity contribution in [3.63, 3.8) is 0 Å². The van der Waals surface area contributed by atoms with Crippen molar-refractivity contribution in [2.75, 3.05) is 0 Å². The summed E-state index contributed by atoms with van der Waals surface area (Å²) in [6, 6.07) is 15.6. The van der Waals surface area contributed by atoms with E-state index in [1.54, 1.807) is 0 Å². The number of aromatic amines is 1. The predicted octanol–water partition coefficient (Wildman–Crippen LogP) is 4.77. The number of fused-ring (bicyclic) bond motifs is 1. The highest BCUT2D eigenvalue weighted by molar-refractivity contribution is 5.99. The Morgan fingerprint density at radius 3 is 2.61 bits per heavy atom. The molecule has 4 aromatic rings. The first-order valence-electron chi connectivity index (χ1n) is 9.45. The summed E-state index contributed by atoms with van der Waals surface area (Å²) in [4.78, 5) is 16.2. The lowest BCUT2D eigenvalue weighted by molar-refractivity contribution is 0.0940. The minimum atomic E-state index is -0.144. The zero-order valence-electron chi connectivity index (χ0n) is 16.6. The van der Waals surface area contributed by atoms with Crippen molar-refractivity contribution >= 4 is 16.8 Å². The highest BCUT2D eigenvalue weighted by Crippen LogP contribution is 2.24. The van der Waals surface area contributed by atoms with Gasteiger partial charge in [-0.05, 0) is 63.6 Å². The number of aryl methyl sites for hydroxylation is 2. The SMILES string of the molecule is Cc1[nH]c2ccc(C(=O)NC(C)c3cnn(-c4ccccc4)c3C)cc2c1C. The molecule has 142 valence electrons. The number of aromatic nitrogens is 3. The molecule has 0 spiro atoms. The van der Waals surface area contributed by atoms with Gasteiger partial charge in [-0.25, -0.2) is 4.68 Å². The molecule has 4 rings (SSSR count). The number of nitrogens with one attached hydrogen (secondary N) is 2. The molecule has 0 aliphatic carbocycles. The highest BCUT2D eigenvalue weighted by atomic mass is 16.1. The molecule has 2 aromatic heterocycles. The van der Waals surface area contributed by atoms with E-state index in [2.05, 4.69) is 22.3 Å². The maximum absolute atomic E-state index is 12.8. The molecule has 28 heavy (non-hydrogen) atoms. The summed E-state index contributed by atoms with van der Waals surface area (Å²) in [5, 5.41) is 8.70. The van der Waals surface area contributed by atoms with E-state index in [-0.39, 0.29) is 11.9 Å². The Morgan fingerprint density at radius 2 is 1.86 bits per heavy atom. The van der Waals surface area contributed by atoms with Crippen LogP contribution in [0.2, 0.25) is 0 Å². The molecule has 2 aromatic carbocycles. The van der Waals surface area contributed by atoms with E-state index in [0.29, 0.717) is 5.56 Å². The minimum absolute atomic E-state index is 0.0838. The topological polar surface area (TPSA) is 62.7 Å². The van der Waals surface area contributed by atoms with Gasteiger partial charge in [-0.3, -0.25) is 4.79 Å². The zero-order chi connectivity index (χ0) is 19.8. The van der Waals surface area contributed by atoms with Crippen LogP contribution in [0.15, 0.2) is 54.7 Å². The number of H-pyrrole nitrogens is 1. The van der Waals surface area contributed by atoms with Crippen LogP contribution in [0.5, 0.6) is 0 Å². The number of amides is 1. The number of hydrogen-bond acceptors (Lipinski definition) is 2. The van der Waals surface area contributed by atoms with E-state index in [1.807, 2.05) is 80.2 Å². The van der Waals surface area contributed by atoms with Gasteiger partial charge in [-0.1, -0.05) is 18.2 Å². The number of hydrogen-bond donors (Lipinski definition) is 2. The molecule has 0 radical (unpaired) electrons. The Bertz CT molecular complexity index is 1150. The van der Waals surface area contributed by atoms with Crippen molar-refractivity contribution < 1.29 is 4.79 Å². The second-order valence-corrected chi connectivity index (χ2v) is 7.26. The Kier molecular flexibility index (Phi) is 4.51. The average molecular weight is 372 g/mol. The second-order valence-electron chi connectivity index (χ2n) is 7.26. The van der Waals surface area contributed by atoms with Crippen LogP contribution < -0.4 is 5.32 Å². The number of para-hydroxylation sites is 1. The maximum Gasteiger partial charge on any atom is 0.251 e. The third-order valence-corrected chi connectivity index (χ3v) is 5.43. The summed E-state index contributed by atoms with van der Waals surface area (Å²) in [6.07, 6.45) is 1.83. The summed E-state index contributed by atoms with van der Waals surface area (Å²) in [5.74, 6) is -0.0838. The van der Waals surface area contributed by atoms with Crippen molar-refractivity contribution in [2.45, 2.75) is 33.7 Å². The molecule has 0 bridgehead atoms. The molecule has 5 heteroatoms. The van der Waals surface area contributed by atoms with Gasteiger partial charge in [-0.2, -0.15) is 5.10 Å². The number of nitrogens with zero attached hydrogens (tertiary/aromatic N) is 2. The monoisotopic (exact) mass is 372 g/mol. The average Bonchev–Trinajstić information content (AvgIpc) is 3.22. The summed E-state index contributed by atoms with van der Waals surface area (Å²) >= 11 is 0. The molecule has 1 atom stereocenters. The fraction of sp³-hybridized carbons (Fsp3) is 0.217. The first-order valence-corrected chi connectivity index (χ1v) is 9.45. The molecule has 0 saturated heterocycles. The van der Waals surface area contributed by atoms with Crippen molar-refractivity contribution in [1.82, 2.24) is 20.1 Å². The lowest BCUT2D eigenvalue weighted by Crippen LogP contribution is -2.26. The lowest BCUT2D eigenvalue weighted by atomic mass is 10.1. The number of rotatable bonds is 4. The Morgan fingerprint density at radius 1 is 1.11 bits per heavy atom. The fourth-order valence-corrected chi connectivity index (χ4v) is 3.64. The molecule has 0 aliphatic heterocycles. The van der Waals surface area contributed by atoms with Crippen LogP contribution in [-0.4, -0.2) is 20.7 Å². The van der Waals surface area contributed by atoms with Crippen LogP contribution in [0, 0.1) is 20.8 Å². The molecule has 0 fully saturated rings. The Labute approximate surface area is 164 Å². The van der Waals surface area contributed by atoms with Gasteiger partial charge in [0.2, 0.25) is 0 Å². The third kappa shape index (κ3) is 3.09. The molecule has 1 unspecified atom stereocenters. The van der Waals surface area contributed by atoms with E-state index in [9.17, 15) is 4.79 Å². The van der Waals surface area contributed by atoms with E-state index in [1.165, 1.54) is 5.56 Å². The quantitative estimate of drug-likeness (QED) is 0.542. The molecular weight excluding hydrogens is 348 g/mol. The van der Waals surface area contributed by atoms with Gasteiger partial charge in [0, 0.05) is 33.4 Å². The Balaban J connectivity index is 1.57. The molecule has 2 N–H and O–H groups in total. The first kappa shape index (κ1) is 18.0. The van der Waals surface area contributed by atoms with Gasteiger partial charge < -0.3 is 10.3 Å².